The van der Waals surface area contributed by atoms with E-state index in [2.05, 4.69) is 59.0 Å². The summed E-state index contributed by atoms with van der Waals surface area (Å²) in [6.07, 6.45) is 4.89. The van der Waals surface area contributed by atoms with Gasteiger partial charge in [0.2, 0.25) is 0 Å². The molecule has 0 saturated carbocycles. The van der Waals surface area contributed by atoms with Gasteiger partial charge >= 0.3 is 12.3 Å². The molecule has 0 bridgehead atoms. The van der Waals surface area contributed by atoms with E-state index in [4.69, 9.17) is 23.7 Å². The monoisotopic (exact) mass is 720 g/mol. The highest BCUT2D eigenvalue weighted by Crippen LogP contribution is 2.54. The molecule has 0 fully saturated rings. The third-order valence-electron chi connectivity index (χ3n) is 7.81. The average Bonchev–Trinajstić information content (AvgIpc) is 2.93. The van der Waals surface area contributed by atoms with Crippen molar-refractivity contribution in [2.75, 3.05) is 0 Å². The van der Waals surface area contributed by atoms with Gasteiger partial charge in [0, 0.05) is 33.0 Å². The van der Waals surface area contributed by atoms with Crippen LogP contribution in [-0.2, 0) is 14.2 Å². The van der Waals surface area contributed by atoms with Crippen molar-refractivity contribution in [3.63, 3.8) is 0 Å². The van der Waals surface area contributed by atoms with Crippen molar-refractivity contribution in [3.05, 3.63) is 104 Å². The molecule has 45 heavy (non-hydrogen) atoms. The topological polar surface area (TPSA) is 80.3 Å². The van der Waals surface area contributed by atoms with Crippen LogP contribution in [0.15, 0.2) is 89.4 Å². The van der Waals surface area contributed by atoms with Gasteiger partial charge in [-0.3, -0.25) is 0 Å². The molecular formula is C37H37IO7. The second-order valence-corrected chi connectivity index (χ2v) is 14.8. The third kappa shape index (κ3) is 6.90. The van der Waals surface area contributed by atoms with Gasteiger partial charge in [-0.15, -0.1) is 0 Å². The molecule has 234 valence electrons. The molecule has 0 saturated heterocycles. The molecule has 7 nitrogen and oxygen atoms in total. The van der Waals surface area contributed by atoms with E-state index < -0.39 is 23.5 Å². The predicted molar refractivity (Wildman–Crippen MR) is 180 cm³/mol. The Bertz CT molecular complexity index is 1780. The molecule has 1 aliphatic heterocycles. The Morgan fingerprint density at radius 3 is 2.31 bits per heavy atom. The summed E-state index contributed by atoms with van der Waals surface area (Å²) in [4.78, 5) is 24.8. The fourth-order valence-corrected chi connectivity index (χ4v) is 6.76. The minimum absolute atomic E-state index is 0.0779. The molecule has 0 N–H and O–H groups in total. The average molecular weight is 721 g/mol. The van der Waals surface area contributed by atoms with E-state index in [1.54, 1.807) is 26.8 Å². The van der Waals surface area contributed by atoms with Gasteiger partial charge in [-0.05, 0) is 136 Å². The summed E-state index contributed by atoms with van der Waals surface area (Å²) >= 11 is 2.36. The van der Waals surface area contributed by atoms with E-state index in [0.717, 1.165) is 49.8 Å². The fraction of sp³-hybridized carbons (Fsp3) is 0.351. The van der Waals surface area contributed by atoms with E-state index in [1.165, 1.54) is 11.1 Å². The van der Waals surface area contributed by atoms with Crippen LogP contribution in [0.1, 0.15) is 77.8 Å². The van der Waals surface area contributed by atoms with E-state index >= 15 is 0 Å². The van der Waals surface area contributed by atoms with Crippen molar-refractivity contribution < 1.29 is 33.3 Å². The summed E-state index contributed by atoms with van der Waals surface area (Å²) in [6, 6.07) is 18.2. The summed E-state index contributed by atoms with van der Waals surface area (Å²) in [5.41, 5.74) is 3.41. The van der Waals surface area contributed by atoms with E-state index in [-0.39, 0.29) is 11.8 Å². The molecule has 2 aliphatic carbocycles. The number of hydrogen-bond acceptors (Lipinski definition) is 7. The SMILES string of the molecule is CC(C)(C)OC(=O)OC1=CC2CC=C3Oc4ccc5cc(OC(=O)OC(C)(C)C)ccc5c4C(c4cccc(I)c4)C3=C2CC1. The maximum absolute atomic E-state index is 12.4. The van der Waals surface area contributed by atoms with Gasteiger partial charge in [0.05, 0.1) is 0 Å². The Morgan fingerprint density at radius 2 is 1.60 bits per heavy atom. The van der Waals surface area contributed by atoms with Crippen LogP contribution >= 0.6 is 22.6 Å². The minimum atomic E-state index is -0.741. The Labute approximate surface area is 277 Å². The highest BCUT2D eigenvalue weighted by molar-refractivity contribution is 14.1. The quantitative estimate of drug-likeness (QED) is 0.151. The van der Waals surface area contributed by atoms with Crippen molar-refractivity contribution in [2.24, 2.45) is 5.92 Å². The van der Waals surface area contributed by atoms with Crippen LogP contribution in [-0.4, -0.2) is 23.5 Å². The number of ether oxygens (including phenoxy) is 5. The van der Waals surface area contributed by atoms with Crippen LogP contribution in [0.4, 0.5) is 9.59 Å². The number of hydrogen-bond donors (Lipinski definition) is 0. The second kappa shape index (κ2) is 11.9. The van der Waals surface area contributed by atoms with Gasteiger partial charge in [-0.25, -0.2) is 9.59 Å². The molecule has 1 heterocycles. The zero-order valence-electron chi connectivity index (χ0n) is 26.4. The predicted octanol–water partition coefficient (Wildman–Crippen LogP) is 10.1. The highest BCUT2D eigenvalue weighted by atomic mass is 127. The normalized spacial score (nSPS) is 19.3. The highest BCUT2D eigenvalue weighted by Gasteiger charge is 2.39. The maximum atomic E-state index is 12.4. The van der Waals surface area contributed by atoms with Crippen molar-refractivity contribution in [1.82, 2.24) is 0 Å². The summed E-state index contributed by atoms with van der Waals surface area (Å²) in [6.45, 7) is 10.9. The van der Waals surface area contributed by atoms with Crippen LogP contribution < -0.4 is 9.47 Å². The first-order valence-corrected chi connectivity index (χ1v) is 16.3. The number of fused-ring (bicyclic) bond motifs is 5. The maximum Gasteiger partial charge on any atom is 0.514 e. The van der Waals surface area contributed by atoms with Gasteiger partial charge in [0.15, 0.2) is 0 Å². The summed E-state index contributed by atoms with van der Waals surface area (Å²) in [5.74, 6) is 2.73. The lowest BCUT2D eigenvalue weighted by Crippen LogP contribution is -2.27. The van der Waals surface area contributed by atoms with Crippen LogP contribution in [0.5, 0.6) is 11.5 Å². The van der Waals surface area contributed by atoms with Crippen molar-refractivity contribution in [1.29, 1.82) is 0 Å². The number of carbonyl (C=O) groups excluding carboxylic acids is 2. The molecule has 0 radical (unpaired) electrons. The van der Waals surface area contributed by atoms with Crippen LogP contribution in [0.2, 0.25) is 0 Å². The van der Waals surface area contributed by atoms with Gasteiger partial charge < -0.3 is 23.7 Å². The number of allylic oxidation sites excluding steroid dienone is 5. The van der Waals surface area contributed by atoms with Crippen LogP contribution in [0.3, 0.4) is 0 Å². The standard InChI is InChI=1S/C37H37IO7/c1-36(2,3)44-34(39)41-25-12-14-27-21(19-25)10-16-29-32(27)31(23-8-7-9-24(38)18-23)33-28-15-13-26(42-35(40)45-37(4,5)6)20-22(28)11-17-30(33)43-29/h7-10,12,14,16-20,22,31H,11,13,15H2,1-6H3. The van der Waals surface area contributed by atoms with Crippen LogP contribution in [0.25, 0.3) is 10.8 Å². The lowest BCUT2D eigenvalue weighted by atomic mass is 9.71. The van der Waals surface area contributed by atoms with E-state index in [9.17, 15) is 9.59 Å². The molecule has 3 aromatic carbocycles. The summed E-state index contributed by atoms with van der Waals surface area (Å²) in [7, 11) is 0. The third-order valence-corrected chi connectivity index (χ3v) is 8.48. The molecule has 3 aromatic rings. The minimum Gasteiger partial charge on any atom is -0.457 e. The Kier molecular flexibility index (Phi) is 8.22. The van der Waals surface area contributed by atoms with Crippen molar-refractivity contribution in [2.45, 2.75) is 77.9 Å². The number of benzene rings is 3. The molecule has 0 amide bonds. The van der Waals surface area contributed by atoms with Crippen molar-refractivity contribution >= 4 is 45.7 Å². The first-order chi connectivity index (χ1) is 21.2. The molecule has 0 aromatic heterocycles. The molecule has 0 spiro atoms. The lowest BCUT2D eigenvalue weighted by Gasteiger charge is -2.39. The van der Waals surface area contributed by atoms with Gasteiger partial charge in [-0.1, -0.05) is 29.8 Å². The zero-order valence-corrected chi connectivity index (χ0v) is 28.5. The largest absolute Gasteiger partial charge is 0.514 e. The van der Waals surface area contributed by atoms with Gasteiger partial charge in [0.1, 0.15) is 34.2 Å². The van der Waals surface area contributed by atoms with Gasteiger partial charge in [-0.2, -0.15) is 0 Å². The summed E-state index contributed by atoms with van der Waals surface area (Å²) in [5, 5.41) is 1.94. The van der Waals surface area contributed by atoms with Crippen LogP contribution in [0, 0.1) is 9.49 Å². The van der Waals surface area contributed by atoms with E-state index in [1.807, 2.05) is 45.0 Å². The Morgan fingerprint density at radius 1 is 0.867 bits per heavy atom. The van der Waals surface area contributed by atoms with Gasteiger partial charge in [0.25, 0.3) is 0 Å². The smallest absolute Gasteiger partial charge is 0.457 e. The van der Waals surface area contributed by atoms with Crippen molar-refractivity contribution in [3.8, 4) is 11.5 Å². The first-order valence-electron chi connectivity index (χ1n) is 15.2. The number of rotatable bonds is 3. The number of halogens is 1. The molecule has 2 unspecified atom stereocenters. The first kappa shape index (κ1) is 31.2. The lowest BCUT2D eigenvalue weighted by molar-refractivity contribution is 0.00463. The summed E-state index contributed by atoms with van der Waals surface area (Å²) < 4.78 is 29.7. The molecule has 2 atom stereocenters. The Balaban J connectivity index is 1.42. The molecule has 8 heteroatoms. The molecule has 6 rings (SSSR count). The second-order valence-electron chi connectivity index (χ2n) is 13.6. The Hall–Kier alpha value is -3.79. The molecule has 3 aliphatic rings. The number of carbonyl (C=O) groups is 2. The fourth-order valence-electron chi connectivity index (χ4n) is 6.20. The molecular weight excluding hydrogens is 683 g/mol. The van der Waals surface area contributed by atoms with E-state index in [0.29, 0.717) is 17.9 Å². The zero-order chi connectivity index (χ0) is 32.1.